The third-order valence-electron chi connectivity index (χ3n) is 15.9. The fraction of sp³-hybridized carbons (Fsp3) is 0.776. The number of aliphatic hydroxyl groups excluding tert-OH is 2. The van der Waals surface area contributed by atoms with Gasteiger partial charge in [-0.15, -0.1) is 0 Å². The van der Waals surface area contributed by atoms with Crippen LogP contribution in [0.25, 0.3) is 0 Å². The van der Waals surface area contributed by atoms with Crippen LogP contribution in [-0.4, -0.2) is 69.3 Å². The van der Waals surface area contributed by atoms with Gasteiger partial charge < -0.3 is 41.8 Å². The number of aliphatic carboxylic acids is 1. The van der Waals surface area contributed by atoms with E-state index in [1.54, 1.807) is 0 Å². The zero-order valence-corrected chi connectivity index (χ0v) is 36.6. The number of fused-ring (bicyclic) bond motifs is 2. The highest BCUT2D eigenvalue weighted by molar-refractivity contribution is 5.71. The molecule has 0 saturated heterocycles. The van der Waals surface area contributed by atoms with E-state index in [9.17, 15) is 25.2 Å². The number of nitrogens with one attached hydrogen (secondary N) is 3. The Morgan fingerprint density at radius 3 is 2.50 bits per heavy atom. The number of hydrogen-bond donors (Lipinski definition) is 8. The first kappa shape index (κ1) is 44.9. The molecular formula is C49H80N4O5. The number of allylic oxidation sites excluding steroid dienone is 3. The highest BCUT2D eigenvalue weighted by Gasteiger charge is 2.55. The minimum Gasteiger partial charge on any atom is -0.481 e. The summed E-state index contributed by atoms with van der Waals surface area (Å²) in [6.07, 6.45) is 22.7. The van der Waals surface area contributed by atoms with Crippen molar-refractivity contribution in [2.75, 3.05) is 20.1 Å². The van der Waals surface area contributed by atoms with E-state index >= 15 is 0 Å². The van der Waals surface area contributed by atoms with Crippen LogP contribution < -0.4 is 16.4 Å². The molecule has 1 aromatic rings. The zero-order valence-electron chi connectivity index (χ0n) is 36.6. The Bertz CT molecular complexity index is 1580. The van der Waals surface area contributed by atoms with Gasteiger partial charge in [0.1, 0.15) is 0 Å². The van der Waals surface area contributed by atoms with Gasteiger partial charge in [-0.1, -0.05) is 78.0 Å². The van der Waals surface area contributed by atoms with Crippen molar-refractivity contribution in [1.82, 2.24) is 15.6 Å². The summed E-state index contributed by atoms with van der Waals surface area (Å²) < 4.78 is 0. The van der Waals surface area contributed by atoms with Crippen molar-refractivity contribution >= 4 is 5.97 Å². The molecule has 2 fully saturated rings. The first-order valence-electron chi connectivity index (χ1n) is 23.6. The van der Waals surface area contributed by atoms with Crippen molar-refractivity contribution in [3.63, 3.8) is 0 Å². The predicted octanol–water partition coefficient (Wildman–Crippen LogP) is 8.29. The van der Waals surface area contributed by atoms with Crippen molar-refractivity contribution in [2.24, 2.45) is 59.0 Å². The molecule has 5 aliphatic rings. The van der Waals surface area contributed by atoms with Crippen molar-refractivity contribution < 1.29 is 25.2 Å². The van der Waals surface area contributed by atoms with Gasteiger partial charge in [0.25, 0.3) is 0 Å². The molecule has 9 nitrogen and oxygen atoms in total. The molecule has 58 heavy (non-hydrogen) atoms. The molecule has 4 aliphatic carbocycles. The highest BCUT2D eigenvalue weighted by atomic mass is 16.4. The average molecular weight is 805 g/mol. The number of dihydropyridines is 1. The summed E-state index contributed by atoms with van der Waals surface area (Å²) in [5, 5.41) is 53.7. The molecular weight excluding hydrogens is 725 g/mol. The van der Waals surface area contributed by atoms with Crippen LogP contribution in [0, 0.1) is 53.3 Å². The second-order valence-electron chi connectivity index (χ2n) is 20.0. The van der Waals surface area contributed by atoms with Crippen molar-refractivity contribution in [2.45, 2.75) is 166 Å². The number of carbonyl (C=O) groups is 1. The average Bonchev–Trinajstić information content (AvgIpc) is 3.75. The summed E-state index contributed by atoms with van der Waals surface area (Å²) in [5.41, 5.74) is 10.3. The molecule has 0 unspecified atom stereocenters. The molecule has 0 amide bonds. The van der Waals surface area contributed by atoms with Crippen LogP contribution in [0.1, 0.15) is 159 Å². The van der Waals surface area contributed by atoms with Gasteiger partial charge in [0.2, 0.25) is 0 Å². The Hall–Kier alpha value is -2.59. The Morgan fingerprint density at radius 2 is 1.79 bits per heavy atom. The summed E-state index contributed by atoms with van der Waals surface area (Å²) in [6, 6.07) is 2.43. The predicted molar refractivity (Wildman–Crippen MR) is 234 cm³/mol. The third-order valence-corrected chi connectivity index (χ3v) is 15.9. The van der Waals surface area contributed by atoms with E-state index in [4.69, 9.17) is 5.73 Å². The zero-order chi connectivity index (χ0) is 41.6. The van der Waals surface area contributed by atoms with Gasteiger partial charge in [-0.05, 0) is 149 Å². The summed E-state index contributed by atoms with van der Waals surface area (Å²) in [6.45, 7) is 10.5. The molecule has 0 bridgehead atoms. The maximum Gasteiger partial charge on any atom is 0.309 e. The lowest BCUT2D eigenvalue weighted by Gasteiger charge is -2.44. The standard InChI is InChI=1S/C49H80N4O5/c1-6-7-8-11-32-14-15-35(44(54)24-32)12-9-10-13-36-16-17-39(43-27-40-31(4)38(30(2)3)18-19-42(40)53-43)41-23-34(22-33-20-21-52-46(50)25-33)28-49(41,58)37(29-51-5)26-45(55)47(36)48(56)57/h14-15,20,25,27,30-32,34-39,41,44-45,47,51-55,58H,6-13,16-19,21-24,26,28-29,50H2,1-5H3,(H,56,57)/t31-,32+,34+,35-,36+,37+,38-,39-,41-,44+,45-,47+,49-/m0/s1. The topological polar surface area (TPSA) is 164 Å². The molecule has 0 radical (unpaired) electrons. The monoisotopic (exact) mass is 805 g/mol. The van der Waals surface area contributed by atoms with Crippen molar-refractivity contribution in [1.29, 1.82) is 0 Å². The van der Waals surface area contributed by atoms with E-state index in [1.807, 2.05) is 13.1 Å². The van der Waals surface area contributed by atoms with Gasteiger partial charge in [0, 0.05) is 42.2 Å². The van der Waals surface area contributed by atoms with Crippen LogP contribution in [-0.2, 0) is 11.2 Å². The smallest absolute Gasteiger partial charge is 0.309 e. The number of aryl methyl sites for hydroxylation is 1. The molecule has 2 saturated carbocycles. The van der Waals surface area contributed by atoms with Crippen LogP contribution in [0.2, 0.25) is 0 Å². The molecule has 6 rings (SSSR count). The van der Waals surface area contributed by atoms with E-state index in [0.29, 0.717) is 55.4 Å². The largest absolute Gasteiger partial charge is 0.481 e. The highest BCUT2D eigenvalue weighted by Crippen LogP contribution is 2.56. The van der Waals surface area contributed by atoms with Gasteiger partial charge in [0.05, 0.1) is 29.5 Å². The maximum atomic E-state index is 13.3. The van der Waals surface area contributed by atoms with E-state index in [0.717, 1.165) is 64.2 Å². The van der Waals surface area contributed by atoms with Gasteiger partial charge in [-0.25, -0.2) is 0 Å². The lowest BCUT2D eigenvalue weighted by atomic mass is 9.65. The first-order valence-corrected chi connectivity index (χ1v) is 23.6. The molecule has 1 aliphatic heterocycles. The Labute approximate surface area is 350 Å². The number of unbranched alkanes of at least 4 members (excludes halogenated alkanes) is 3. The summed E-state index contributed by atoms with van der Waals surface area (Å²) in [5.74, 6) is 0.866. The van der Waals surface area contributed by atoms with Crippen LogP contribution in [0.5, 0.6) is 0 Å². The van der Waals surface area contributed by atoms with Crippen LogP contribution >= 0.6 is 0 Å². The summed E-state index contributed by atoms with van der Waals surface area (Å²) >= 11 is 0. The lowest BCUT2D eigenvalue weighted by molar-refractivity contribution is -0.152. The summed E-state index contributed by atoms with van der Waals surface area (Å²) in [4.78, 5) is 17.2. The molecule has 13 atom stereocenters. The SMILES string of the molecule is CCCCC[C@@H]1C=C[C@H](CCCC[C@@H]2CC[C@H](c3cc4c([nH]3)CC[C@@H](C(C)C)[C@@H]4C)[C@@H]3C[C@@H](CC4=CCNC(N)=C4)C[C@]3(O)[C@@H](CNC)C[C@H](O)[C@@H]2C(=O)O)[C@H](O)C1. The Balaban J connectivity index is 1.27. The molecule has 326 valence electrons. The van der Waals surface area contributed by atoms with Gasteiger partial charge in [-0.2, -0.15) is 0 Å². The third kappa shape index (κ3) is 10.5. The minimum absolute atomic E-state index is 0.0345. The van der Waals surface area contributed by atoms with Crippen molar-refractivity contribution in [3.05, 3.63) is 58.7 Å². The molecule has 2 heterocycles. The number of nitrogens with two attached hydrogens (primary N) is 1. The number of carboxylic acids is 1. The first-order chi connectivity index (χ1) is 27.8. The number of hydrogen-bond acceptors (Lipinski definition) is 7. The number of aromatic nitrogens is 1. The van der Waals surface area contributed by atoms with Gasteiger partial charge >= 0.3 is 5.97 Å². The molecule has 9 N–H and O–H groups in total. The van der Waals surface area contributed by atoms with E-state index in [2.05, 4.69) is 67.6 Å². The molecule has 9 heteroatoms. The Kier molecular flexibility index (Phi) is 15.7. The number of aromatic amines is 1. The second-order valence-corrected chi connectivity index (χ2v) is 20.0. The van der Waals surface area contributed by atoms with Crippen LogP contribution in [0.4, 0.5) is 0 Å². The summed E-state index contributed by atoms with van der Waals surface area (Å²) in [7, 11) is 1.90. The van der Waals surface area contributed by atoms with E-state index < -0.39 is 23.6 Å². The van der Waals surface area contributed by atoms with Crippen molar-refractivity contribution in [3.8, 4) is 0 Å². The van der Waals surface area contributed by atoms with Crippen LogP contribution in [0.3, 0.4) is 0 Å². The number of aliphatic hydroxyl groups is 3. The van der Waals surface area contributed by atoms with Gasteiger partial charge in [-0.3, -0.25) is 4.79 Å². The maximum absolute atomic E-state index is 13.3. The number of carboxylic acid groups (broad SMARTS) is 1. The van der Waals surface area contributed by atoms with Gasteiger partial charge in [0.15, 0.2) is 0 Å². The quantitative estimate of drug-likeness (QED) is 0.0612. The second kappa shape index (κ2) is 20.3. The molecule has 0 spiro atoms. The normalized spacial score (nSPS) is 36.8. The van der Waals surface area contributed by atoms with E-state index in [1.165, 1.54) is 48.2 Å². The fourth-order valence-electron chi connectivity index (χ4n) is 12.8. The molecule has 1 aromatic heterocycles. The number of H-pyrrole nitrogens is 1. The van der Waals surface area contributed by atoms with E-state index in [-0.39, 0.29) is 48.0 Å². The fourth-order valence-corrected chi connectivity index (χ4v) is 12.8. The Morgan fingerprint density at radius 1 is 1.02 bits per heavy atom. The molecule has 0 aromatic carbocycles. The minimum atomic E-state index is -1.08. The lowest BCUT2D eigenvalue weighted by Crippen LogP contribution is -2.51. The van der Waals surface area contributed by atoms with Crippen LogP contribution in [0.15, 0.2) is 41.8 Å². The number of rotatable bonds is 16.